The molecule has 1 unspecified atom stereocenters. The zero-order valence-electron chi connectivity index (χ0n) is 11.2. The minimum absolute atomic E-state index is 0. The van der Waals surface area contributed by atoms with Gasteiger partial charge in [0.25, 0.3) is 0 Å². The van der Waals surface area contributed by atoms with E-state index < -0.39 is 33.6 Å². The number of halogens is 2. The lowest BCUT2D eigenvalue weighted by Gasteiger charge is -2.10. The molecule has 0 heterocycles. The topological polar surface area (TPSA) is 160 Å². The highest BCUT2D eigenvalue weighted by molar-refractivity contribution is 8.93. The van der Waals surface area contributed by atoms with E-state index >= 15 is 0 Å². The van der Waals surface area contributed by atoms with Crippen LogP contribution < -0.4 is 11.1 Å². The average Bonchev–Trinajstić information content (AvgIpc) is 2.25. The van der Waals surface area contributed by atoms with Crippen molar-refractivity contribution in [2.24, 2.45) is 5.73 Å². The van der Waals surface area contributed by atoms with Crippen LogP contribution in [-0.2, 0) is 24.2 Å². The molecule has 0 aromatic carbocycles. The molecule has 0 aromatic rings. The number of carboxylic acid groups (broad SMARTS) is 1. The predicted molar refractivity (Wildman–Crippen MR) is 87.3 cm³/mol. The molecule has 0 saturated heterocycles. The molecule has 0 saturated carbocycles. The van der Waals surface area contributed by atoms with Gasteiger partial charge in [-0.05, 0) is 0 Å². The first-order valence-electron chi connectivity index (χ1n) is 5.27. The highest BCUT2D eigenvalue weighted by Gasteiger charge is 2.21. The summed E-state index contributed by atoms with van der Waals surface area (Å²) in [6.07, 6.45) is 0. The van der Waals surface area contributed by atoms with Crippen LogP contribution >= 0.6 is 34.0 Å². The molecule has 21 heavy (non-hydrogen) atoms. The zero-order chi connectivity index (χ0) is 15.1. The van der Waals surface area contributed by atoms with Gasteiger partial charge in [-0.3, -0.25) is 15.0 Å². The molecule has 0 aliphatic rings. The Morgan fingerprint density at radius 3 is 2.33 bits per heavy atom. The maximum Gasteiger partial charge on any atom is 0.321 e. The van der Waals surface area contributed by atoms with Crippen molar-refractivity contribution in [3.8, 4) is 0 Å². The van der Waals surface area contributed by atoms with E-state index in [1.807, 2.05) is 0 Å². The predicted octanol–water partition coefficient (Wildman–Crippen LogP) is -0.901. The van der Waals surface area contributed by atoms with E-state index in [-0.39, 0.29) is 58.7 Å². The minimum atomic E-state index is -3.63. The summed E-state index contributed by atoms with van der Waals surface area (Å²) in [5.74, 6) is -3.11. The molecule has 0 rings (SSSR count). The number of carbonyl (C=O) groups excluding carboxylic acids is 1. The van der Waals surface area contributed by atoms with E-state index in [4.69, 9.17) is 16.2 Å². The molecule has 0 fully saturated rings. The smallest absolute Gasteiger partial charge is 0.321 e. The van der Waals surface area contributed by atoms with E-state index in [0.717, 1.165) is 0 Å². The number of hydrogen-bond acceptors (Lipinski definition) is 7. The third-order valence-corrected chi connectivity index (χ3v) is 3.62. The second-order valence-electron chi connectivity index (χ2n) is 3.74. The monoisotopic (exact) mass is 455 g/mol. The van der Waals surface area contributed by atoms with Crippen LogP contribution in [-0.4, -0.2) is 62.0 Å². The number of sulfone groups is 1. The van der Waals surface area contributed by atoms with Crippen molar-refractivity contribution >= 4 is 61.6 Å². The van der Waals surface area contributed by atoms with Crippen molar-refractivity contribution in [3.63, 3.8) is 0 Å². The first kappa shape index (κ1) is 25.2. The largest absolute Gasteiger partial charge is 0.480 e. The quantitative estimate of drug-likeness (QED) is 0.207. The molecular weight excluding hydrogens is 438 g/mol. The molecule has 0 aliphatic heterocycles. The number of ether oxygens (including phenoxy) is 1. The summed E-state index contributed by atoms with van der Waals surface area (Å²) in [6.45, 7) is 0.823. The fourth-order valence-corrected chi connectivity index (χ4v) is 2.28. The normalized spacial score (nSPS) is 11.3. The Bertz CT molecular complexity index is 456. The number of carbonyl (C=O) groups is 2. The third kappa shape index (κ3) is 14.0. The maximum atomic E-state index is 11.5. The van der Waals surface area contributed by atoms with Crippen molar-refractivity contribution in [2.75, 3.05) is 24.7 Å². The van der Waals surface area contributed by atoms with Gasteiger partial charge in [0, 0.05) is 13.5 Å². The van der Waals surface area contributed by atoms with E-state index in [1.54, 1.807) is 0 Å². The van der Waals surface area contributed by atoms with Gasteiger partial charge in [-0.2, -0.15) is 0 Å². The molecular formula is C9H19Br2N3O6S. The van der Waals surface area contributed by atoms with Gasteiger partial charge in [0.15, 0.2) is 9.84 Å². The van der Waals surface area contributed by atoms with Crippen molar-refractivity contribution in [1.82, 2.24) is 5.32 Å². The maximum absolute atomic E-state index is 11.5. The van der Waals surface area contributed by atoms with Crippen LogP contribution in [0.15, 0.2) is 0 Å². The molecule has 0 spiro atoms. The van der Waals surface area contributed by atoms with Crippen molar-refractivity contribution in [1.29, 1.82) is 5.41 Å². The molecule has 5 N–H and O–H groups in total. The number of nitrogens with one attached hydrogen (secondary N) is 2. The number of rotatable bonds is 8. The van der Waals surface area contributed by atoms with Crippen molar-refractivity contribution < 1.29 is 27.9 Å². The van der Waals surface area contributed by atoms with Crippen LogP contribution in [0.2, 0.25) is 0 Å². The summed E-state index contributed by atoms with van der Waals surface area (Å²) in [7, 11) is -3.63. The van der Waals surface area contributed by atoms with E-state index in [0.29, 0.717) is 0 Å². The first-order chi connectivity index (χ1) is 8.64. The Labute approximate surface area is 143 Å². The Morgan fingerprint density at radius 1 is 1.38 bits per heavy atom. The van der Waals surface area contributed by atoms with Gasteiger partial charge in [0.2, 0.25) is 0 Å². The Balaban J connectivity index is -0.00000162. The third-order valence-electron chi connectivity index (χ3n) is 1.92. The molecule has 0 radical (unpaired) electrons. The molecule has 126 valence electrons. The van der Waals surface area contributed by atoms with Gasteiger partial charge < -0.3 is 20.9 Å². The van der Waals surface area contributed by atoms with E-state index in [9.17, 15) is 18.0 Å². The van der Waals surface area contributed by atoms with Crippen LogP contribution in [0, 0.1) is 5.41 Å². The van der Waals surface area contributed by atoms with Crippen LogP contribution in [0.25, 0.3) is 0 Å². The lowest BCUT2D eigenvalue weighted by atomic mass is 10.4. The van der Waals surface area contributed by atoms with Crippen molar-refractivity contribution in [2.45, 2.75) is 13.0 Å². The molecule has 1 atom stereocenters. The van der Waals surface area contributed by atoms with Crippen LogP contribution in [0.1, 0.15) is 6.92 Å². The number of amidine groups is 1. The van der Waals surface area contributed by atoms with Crippen molar-refractivity contribution in [3.05, 3.63) is 0 Å². The minimum Gasteiger partial charge on any atom is -0.480 e. The average molecular weight is 457 g/mol. The Morgan fingerprint density at radius 2 is 1.90 bits per heavy atom. The molecule has 0 aliphatic carbocycles. The Kier molecular flexibility index (Phi) is 14.3. The summed E-state index contributed by atoms with van der Waals surface area (Å²) in [4.78, 5) is 20.9. The first-order valence-corrected chi connectivity index (χ1v) is 7.09. The highest BCUT2D eigenvalue weighted by atomic mass is 79.9. The summed E-state index contributed by atoms with van der Waals surface area (Å²) in [6, 6.07) is -1.47. The number of esters is 1. The molecule has 0 amide bonds. The number of aliphatic carboxylic acids is 1. The van der Waals surface area contributed by atoms with Gasteiger partial charge in [0.1, 0.15) is 18.5 Å². The lowest BCUT2D eigenvalue weighted by Crippen LogP contribution is -2.40. The van der Waals surface area contributed by atoms with E-state index in [2.05, 4.69) is 10.1 Å². The van der Waals surface area contributed by atoms with Gasteiger partial charge in [0.05, 0.1) is 11.5 Å². The second kappa shape index (κ2) is 11.9. The van der Waals surface area contributed by atoms with Crippen LogP contribution in [0.4, 0.5) is 0 Å². The van der Waals surface area contributed by atoms with Crippen LogP contribution in [0.3, 0.4) is 0 Å². The van der Waals surface area contributed by atoms with Gasteiger partial charge in [-0.1, -0.05) is 0 Å². The van der Waals surface area contributed by atoms with Gasteiger partial charge >= 0.3 is 11.9 Å². The fourth-order valence-electron chi connectivity index (χ4n) is 1.01. The second-order valence-corrected chi connectivity index (χ2v) is 5.97. The molecule has 0 bridgehead atoms. The van der Waals surface area contributed by atoms with Crippen LogP contribution in [0.5, 0.6) is 0 Å². The fraction of sp³-hybridized carbons (Fsp3) is 0.667. The molecule has 0 aromatic heterocycles. The SMILES string of the molecule is Br.Br.CC(=O)OCC(=N)NCCS(=O)(=O)CC(N)C(=O)O. The number of carboxylic acids is 1. The van der Waals surface area contributed by atoms with Gasteiger partial charge in [-0.15, -0.1) is 34.0 Å². The highest BCUT2D eigenvalue weighted by Crippen LogP contribution is 1.93. The summed E-state index contributed by atoms with van der Waals surface area (Å²) >= 11 is 0. The number of hydrogen-bond donors (Lipinski definition) is 4. The summed E-state index contributed by atoms with van der Waals surface area (Å²) in [5, 5.41) is 18.2. The summed E-state index contributed by atoms with van der Waals surface area (Å²) in [5.41, 5.74) is 5.12. The molecule has 9 nitrogen and oxygen atoms in total. The number of nitrogens with two attached hydrogens (primary N) is 1. The molecule has 12 heteroatoms. The van der Waals surface area contributed by atoms with Gasteiger partial charge in [-0.25, -0.2) is 8.42 Å². The van der Waals surface area contributed by atoms with E-state index in [1.165, 1.54) is 6.92 Å². The zero-order valence-corrected chi connectivity index (χ0v) is 15.4. The lowest BCUT2D eigenvalue weighted by molar-refractivity contribution is -0.139. The summed E-state index contributed by atoms with van der Waals surface area (Å²) < 4.78 is 27.4. The Hall–Kier alpha value is -0.720. The standard InChI is InChI=1S/C9H17N3O6S.2BrH/c1-6(13)18-4-8(11)12-2-3-19(16,17)5-7(10)9(14)15;;/h7H,2-5,10H2,1H3,(H2,11,12)(H,14,15);2*1H.